The van der Waals surface area contributed by atoms with Gasteiger partial charge in [0.2, 0.25) is 5.95 Å². The lowest BCUT2D eigenvalue weighted by Crippen LogP contribution is -1.87. The first kappa shape index (κ1) is 8.14. The van der Waals surface area contributed by atoms with Gasteiger partial charge in [-0.1, -0.05) is 0 Å². The molecule has 56 valence electrons. The summed E-state index contributed by atoms with van der Waals surface area (Å²) < 4.78 is 0. The third-order valence-corrected chi connectivity index (χ3v) is 0.434. The highest BCUT2D eigenvalue weighted by molar-refractivity contribution is 5.07. The molecule has 10 heavy (non-hydrogen) atoms. The average molecular weight is 148 g/mol. The summed E-state index contributed by atoms with van der Waals surface area (Å²) in [6.07, 6.45) is 1.36. The maximum atomic E-state index is 8.47. The zero-order valence-corrected chi connectivity index (χ0v) is 4.80. The topological polar surface area (TPSA) is 128 Å². The van der Waals surface area contributed by atoms with Crippen LogP contribution in [-0.2, 0) is 0 Å². The Morgan fingerprint density at radius 2 is 2.20 bits per heavy atom. The van der Waals surface area contributed by atoms with Crippen molar-refractivity contribution in [1.29, 1.82) is 0 Å². The van der Waals surface area contributed by atoms with Crippen LogP contribution >= 0.6 is 0 Å². The lowest BCUT2D eigenvalue weighted by atomic mass is 11.1. The normalized spacial score (nSPS) is 7.60. The number of nitrogens with one attached hydrogen (secondary N) is 1. The van der Waals surface area contributed by atoms with Crippen LogP contribution in [0.15, 0.2) is 6.33 Å². The van der Waals surface area contributed by atoms with Gasteiger partial charge in [-0.15, -0.1) is 0 Å². The van der Waals surface area contributed by atoms with Crippen LogP contribution in [0.1, 0.15) is 0 Å². The molecule has 0 aromatic carbocycles. The maximum Gasteiger partial charge on any atom is 0.472 e. The van der Waals surface area contributed by atoms with Gasteiger partial charge in [-0.2, -0.15) is 5.10 Å². The van der Waals surface area contributed by atoms with Crippen LogP contribution in [0.25, 0.3) is 0 Å². The number of aromatic nitrogens is 3. The number of anilines is 1. The van der Waals surface area contributed by atoms with Crippen molar-refractivity contribution in [3.63, 3.8) is 0 Å². The Morgan fingerprint density at radius 3 is 2.30 bits per heavy atom. The summed E-state index contributed by atoms with van der Waals surface area (Å²) >= 11 is 0. The van der Waals surface area contributed by atoms with Crippen LogP contribution in [0.4, 0.5) is 5.95 Å². The van der Waals surface area contributed by atoms with Gasteiger partial charge in [0, 0.05) is 0 Å². The van der Waals surface area contributed by atoms with Crippen LogP contribution in [-0.4, -0.2) is 30.7 Å². The highest BCUT2D eigenvalue weighted by Gasteiger charge is 1.78. The monoisotopic (exact) mass is 148 g/mol. The van der Waals surface area contributed by atoms with E-state index in [1.807, 2.05) is 0 Å². The number of H-pyrrole nitrogens is 1. The van der Waals surface area contributed by atoms with Gasteiger partial charge in [-0.25, -0.2) is 20.5 Å². The van der Waals surface area contributed by atoms with E-state index in [1.165, 1.54) is 6.33 Å². The molecule has 1 aromatic heterocycles. The quantitative estimate of drug-likeness (QED) is 0.347. The van der Waals surface area contributed by atoms with Crippen LogP contribution < -0.4 is 5.73 Å². The van der Waals surface area contributed by atoms with Crippen molar-refractivity contribution in [2.24, 2.45) is 0 Å². The van der Waals surface area contributed by atoms with Crippen LogP contribution in [0.2, 0.25) is 0 Å². The predicted octanol–water partition coefficient (Wildman–Crippen LogP) is -1.07. The van der Waals surface area contributed by atoms with Gasteiger partial charge in [0.25, 0.3) is 0 Å². The molecule has 0 saturated heterocycles. The van der Waals surface area contributed by atoms with Crippen LogP contribution in [0.5, 0.6) is 0 Å². The van der Waals surface area contributed by atoms with Gasteiger partial charge >= 0.3 is 5.09 Å². The number of hydrogen-bond donors (Lipinski definition) is 4. The zero-order valence-electron chi connectivity index (χ0n) is 4.80. The zero-order chi connectivity index (χ0) is 7.98. The molecular formula is C2H6N5O3+. The first-order valence-electron chi connectivity index (χ1n) is 2.08. The molecule has 8 nitrogen and oxygen atoms in total. The molecule has 0 aliphatic rings. The summed E-state index contributed by atoms with van der Waals surface area (Å²) in [7, 11) is 0. The lowest BCUT2D eigenvalue weighted by molar-refractivity contribution is -0.969. The minimum Gasteiger partial charge on any atom is -0.368 e. The first-order valence-corrected chi connectivity index (χ1v) is 2.08. The molecule has 1 rings (SSSR count). The number of rotatable bonds is 0. The van der Waals surface area contributed by atoms with E-state index in [0.717, 1.165) is 0 Å². The molecule has 0 unspecified atom stereocenters. The Bertz CT molecular complexity index is 179. The second-order valence-corrected chi connectivity index (χ2v) is 1.12. The van der Waals surface area contributed by atoms with E-state index in [0.29, 0.717) is 5.95 Å². The fraction of sp³-hybridized carbons (Fsp3) is 0. The van der Waals surface area contributed by atoms with E-state index < -0.39 is 5.09 Å². The maximum absolute atomic E-state index is 8.47. The number of nitrogens with zero attached hydrogens (tertiary/aromatic N) is 3. The summed E-state index contributed by atoms with van der Waals surface area (Å²) in [6.45, 7) is 0. The molecule has 0 amide bonds. The van der Waals surface area contributed by atoms with Crippen molar-refractivity contribution in [2.45, 2.75) is 0 Å². The van der Waals surface area contributed by atoms with E-state index in [-0.39, 0.29) is 0 Å². The summed E-state index contributed by atoms with van der Waals surface area (Å²) in [5, 5.41) is 18.4. The molecule has 0 aliphatic carbocycles. The fourth-order valence-electron chi connectivity index (χ4n) is 0.215. The summed E-state index contributed by atoms with van der Waals surface area (Å²) in [5.41, 5.74) is 5.05. The first-order chi connectivity index (χ1) is 4.63. The molecule has 5 N–H and O–H groups in total. The largest absolute Gasteiger partial charge is 0.472 e. The second kappa shape index (κ2) is 4.06. The minimum absolute atomic E-state index is 0.356. The van der Waals surface area contributed by atoms with Crippen molar-refractivity contribution < 1.29 is 15.5 Å². The number of aromatic amines is 1. The number of hydrogen-bond acceptors (Lipinski definition) is 4. The molecule has 0 aliphatic heterocycles. The molecule has 8 heteroatoms. The molecule has 0 fully saturated rings. The van der Waals surface area contributed by atoms with E-state index in [2.05, 4.69) is 15.2 Å². The van der Waals surface area contributed by atoms with Gasteiger partial charge in [0.1, 0.15) is 11.2 Å². The van der Waals surface area contributed by atoms with Gasteiger partial charge in [-0.3, -0.25) is 0 Å². The fourth-order valence-corrected chi connectivity index (χ4v) is 0.215. The average Bonchev–Trinajstić information content (AvgIpc) is 2.15. The molecule has 0 spiro atoms. The Hall–Kier alpha value is -1.86. The van der Waals surface area contributed by atoms with Gasteiger partial charge in [-0.05, 0) is 0 Å². The molecule has 0 radical (unpaired) electrons. The molecule has 1 aromatic rings. The Morgan fingerprint density at radius 1 is 1.70 bits per heavy atom. The second-order valence-electron chi connectivity index (χ2n) is 1.12. The molecule has 0 bridgehead atoms. The van der Waals surface area contributed by atoms with Crippen molar-refractivity contribution in [2.75, 3.05) is 5.73 Å². The Labute approximate surface area is 54.8 Å². The molecule has 0 atom stereocenters. The summed E-state index contributed by atoms with van der Waals surface area (Å²) in [4.78, 5) is 12.0. The third kappa shape index (κ3) is 6.14. The number of nitrogen functional groups attached to an aromatic ring is 1. The summed E-state index contributed by atoms with van der Waals surface area (Å²) in [5.74, 6) is 0.356. The van der Waals surface area contributed by atoms with Gasteiger partial charge in [0.05, 0.1) is 0 Å². The van der Waals surface area contributed by atoms with Crippen molar-refractivity contribution in [1.82, 2.24) is 15.2 Å². The molecule has 0 saturated carbocycles. The van der Waals surface area contributed by atoms with E-state index in [1.54, 1.807) is 0 Å². The smallest absolute Gasteiger partial charge is 0.368 e. The van der Waals surface area contributed by atoms with E-state index in [4.69, 9.17) is 21.1 Å². The van der Waals surface area contributed by atoms with Crippen molar-refractivity contribution >= 4 is 5.95 Å². The van der Waals surface area contributed by atoms with Crippen LogP contribution in [0.3, 0.4) is 0 Å². The standard InChI is InChI=1S/C2H4N4.H2NO3/c3-2-4-1-5-6-2;2-1(3)4/h1H,(H3,3,4,5,6);(H2,2,3,4)/q;+1. The van der Waals surface area contributed by atoms with E-state index in [9.17, 15) is 0 Å². The lowest BCUT2D eigenvalue weighted by Gasteiger charge is -1.68. The minimum atomic E-state index is -1.25. The van der Waals surface area contributed by atoms with Gasteiger partial charge < -0.3 is 5.73 Å². The molecular weight excluding hydrogens is 142 g/mol. The van der Waals surface area contributed by atoms with Crippen molar-refractivity contribution in [3.05, 3.63) is 11.2 Å². The SMILES string of the molecule is Nc1ncn[nH]1.O=[N+](O)O. The van der Waals surface area contributed by atoms with Gasteiger partial charge in [0.15, 0.2) is 0 Å². The Balaban J connectivity index is 0.000000180. The highest BCUT2D eigenvalue weighted by Crippen LogP contribution is 1.76. The number of nitrogens with two attached hydrogens (primary N) is 1. The van der Waals surface area contributed by atoms with E-state index >= 15 is 0 Å². The third-order valence-electron chi connectivity index (χ3n) is 0.434. The van der Waals surface area contributed by atoms with Crippen molar-refractivity contribution in [3.8, 4) is 0 Å². The highest BCUT2D eigenvalue weighted by atomic mass is 16.9. The molecule has 1 heterocycles. The summed E-state index contributed by atoms with van der Waals surface area (Å²) in [6, 6.07) is 0. The predicted molar refractivity (Wildman–Crippen MR) is 28.0 cm³/mol. The van der Waals surface area contributed by atoms with Crippen LogP contribution in [0, 0.1) is 4.91 Å². The Kier molecular flexibility index (Phi) is 3.31.